The molecule has 4 rings (SSSR count). The zero-order chi connectivity index (χ0) is 20.6. The number of sulfone groups is 1. The number of halogens is 2. The minimum absolute atomic E-state index is 0.0159. The second-order valence-corrected chi connectivity index (χ2v) is 9.85. The number of hydrogen-bond donors (Lipinski definition) is 0. The Kier molecular flexibility index (Phi) is 5.32. The molecule has 0 radical (unpaired) electrons. The summed E-state index contributed by atoms with van der Waals surface area (Å²) < 4.78 is 38.6. The van der Waals surface area contributed by atoms with Gasteiger partial charge in [0.1, 0.15) is 5.82 Å². The first kappa shape index (κ1) is 19.9. The molecule has 1 fully saturated rings. The molecule has 1 atom stereocenters. The molecule has 3 aromatic carbocycles. The number of hydrogen-bond acceptors (Lipinski definition) is 3. The molecule has 1 saturated heterocycles. The largest absolute Gasteiger partial charge is 0.330 e. The quantitative estimate of drug-likeness (QED) is 0.612. The molecule has 1 heterocycles. The maximum atomic E-state index is 14.4. The van der Waals surface area contributed by atoms with Crippen LogP contribution in [0.4, 0.5) is 4.39 Å². The summed E-state index contributed by atoms with van der Waals surface area (Å²) in [5.41, 5.74) is 0.645. The van der Waals surface area contributed by atoms with Gasteiger partial charge in [0.25, 0.3) is 5.91 Å². The summed E-state index contributed by atoms with van der Waals surface area (Å²) in [6, 6.07) is 16.7. The van der Waals surface area contributed by atoms with Crippen molar-refractivity contribution in [2.45, 2.75) is 19.0 Å². The standard InChI is InChI=1S/C22H19ClFNO3S/c23-20-9-4-10-21(24)19(20)13-25(16-11-12-29(27,28)14-16)22(26)18-8-3-6-15-5-1-2-7-17(15)18/h1-10,16H,11-14H2. The van der Waals surface area contributed by atoms with Crippen LogP contribution in [0.5, 0.6) is 0 Å². The van der Waals surface area contributed by atoms with Crippen LogP contribution in [0.3, 0.4) is 0 Å². The van der Waals surface area contributed by atoms with E-state index in [1.54, 1.807) is 18.2 Å². The van der Waals surface area contributed by atoms with Crippen LogP contribution in [0.1, 0.15) is 22.3 Å². The lowest BCUT2D eigenvalue weighted by Gasteiger charge is -2.29. The third-order valence-corrected chi connectivity index (χ3v) is 7.42. The number of amides is 1. The number of benzene rings is 3. The molecule has 7 heteroatoms. The molecule has 0 bridgehead atoms. The van der Waals surface area contributed by atoms with Crippen molar-refractivity contribution < 1.29 is 17.6 Å². The van der Waals surface area contributed by atoms with E-state index in [1.807, 2.05) is 30.3 Å². The van der Waals surface area contributed by atoms with Gasteiger partial charge in [-0.25, -0.2) is 12.8 Å². The fraction of sp³-hybridized carbons (Fsp3) is 0.227. The van der Waals surface area contributed by atoms with Gasteiger partial charge in [0.2, 0.25) is 0 Å². The molecule has 1 aliphatic rings. The molecule has 150 valence electrons. The fourth-order valence-corrected chi connectivity index (χ4v) is 5.76. The van der Waals surface area contributed by atoms with Crippen molar-refractivity contribution in [1.29, 1.82) is 0 Å². The van der Waals surface area contributed by atoms with Gasteiger partial charge in [0.15, 0.2) is 9.84 Å². The molecule has 0 spiro atoms. The molecular formula is C22H19ClFNO3S. The Morgan fingerprint density at radius 2 is 1.79 bits per heavy atom. The fourth-order valence-electron chi connectivity index (χ4n) is 3.81. The van der Waals surface area contributed by atoms with E-state index in [1.165, 1.54) is 17.0 Å². The molecule has 1 aliphatic heterocycles. The van der Waals surface area contributed by atoms with Gasteiger partial charge in [-0.3, -0.25) is 4.79 Å². The van der Waals surface area contributed by atoms with E-state index < -0.39 is 21.7 Å². The summed E-state index contributed by atoms with van der Waals surface area (Å²) in [6.07, 6.45) is 0.324. The molecule has 4 nitrogen and oxygen atoms in total. The molecule has 29 heavy (non-hydrogen) atoms. The van der Waals surface area contributed by atoms with Crippen LogP contribution in [-0.2, 0) is 16.4 Å². The van der Waals surface area contributed by atoms with Crippen molar-refractivity contribution >= 4 is 38.1 Å². The topological polar surface area (TPSA) is 54.5 Å². The minimum atomic E-state index is -3.23. The van der Waals surface area contributed by atoms with E-state index in [9.17, 15) is 17.6 Å². The predicted molar refractivity (Wildman–Crippen MR) is 112 cm³/mol. The van der Waals surface area contributed by atoms with Crippen LogP contribution in [-0.4, -0.2) is 36.8 Å². The normalized spacial score (nSPS) is 18.1. The van der Waals surface area contributed by atoms with Gasteiger partial charge in [0, 0.05) is 22.2 Å². The molecule has 0 aromatic heterocycles. The van der Waals surface area contributed by atoms with E-state index in [0.717, 1.165) is 10.8 Å². The van der Waals surface area contributed by atoms with E-state index >= 15 is 0 Å². The highest BCUT2D eigenvalue weighted by Gasteiger charge is 2.36. The maximum absolute atomic E-state index is 14.4. The van der Waals surface area contributed by atoms with Crippen molar-refractivity contribution in [2.24, 2.45) is 0 Å². The third-order valence-electron chi connectivity index (χ3n) is 5.32. The van der Waals surface area contributed by atoms with E-state index in [4.69, 9.17) is 11.6 Å². The summed E-state index contributed by atoms with van der Waals surface area (Å²) in [7, 11) is -3.23. The summed E-state index contributed by atoms with van der Waals surface area (Å²) in [6.45, 7) is -0.0895. The Labute approximate surface area is 173 Å². The average molecular weight is 432 g/mol. The van der Waals surface area contributed by atoms with Crippen molar-refractivity contribution in [2.75, 3.05) is 11.5 Å². The summed E-state index contributed by atoms with van der Waals surface area (Å²) in [5, 5.41) is 1.88. The van der Waals surface area contributed by atoms with E-state index in [2.05, 4.69) is 0 Å². The van der Waals surface area contributed by atoms with Gasteiger partial charge in [-0.15, -0.1) is 0 Å². The first-order chi connectivity index (χ1) is 13.9. The van der Waals surface area contributed by atoms with Gasteiger partial charge in [-0.05, 0) is 35.4 Å². The monoisotopic (exact) mass is 431 g/mol. The lowest BCUT2D eigenvalue weighted by atomic mass is 10.0. The van der Waals surface area contributed by atoms with E-state index in [-0.39, 0.29) is 34.5 Å². The van der Waals surface area contributed by atoms with Crippen LogP contribution < -0.4 is 0 Å². The van der Waals surface area contributed by atoms with Crippen LogP contribution in [0.15, 0.2) is 60.7 Å². The SMILES string of the molecule is O=C(c1cccc2ccccc12)N(Cc1c(F)cccc1Cl)C1CCS(=O)(=O)C1. The number of rotatable bonds is 4. The molecule has 1 amide bonds. The Morgan fingerprint density at radius 1 is 1.07 bits per heavy atom. The summed E-state index contributed by atoms with van der Waals surface area (Å²) in [4.78, 5) is 15.0. The Hall–Kier alpha value is -2.44. The first-order valence-electron chi connectivity index (χ1n) is 9.28. The highest BCUT2D eigenvalue weighted by Crippen LogP contribution is 2.28. The Bertz CT molecular complexity index is 1170. The van der Waals surface area contributed by atoms with Gasteiger partial charge in [0.05, 0.1) is 18.1 Å². The zero-order valence-corrected chi connectivity index (χ0v) is 17.1. The lowest BCUT2D eigenvalue weighted by Crippen LogP contribution is -2.41. The van der Waals surface area contributed by atoms with Gasteiger partial charge >= 0.3 is 0 Å². The molecular weight excluding hydrogens is 413 g/mol. The molecule has 0 aliphatic carbocycles. The van der Waals surface area contributed by atoms with Gasteiger partial charge < -0.3 is 4.90 Å². The van der Waals surface area contributed by atoms with Gasteiger partial charge in [-0.1, -0.05) is 54.1 Å². The van der Waals surface area contributed by atoms with Crippen molar-refractivity contribution in [3.8, 4) is 0 Å². The lowest BCUT2D eigenvalue weighted by molar-refractivity contribution is 0.0681. The molecule has 3 aromatic rings. The van der Waals surface area contributed by atoms with Gasteiger partial charge in [-0.2, -0.15) is 0 Å². The minimum Gasteiger partial charge on any atom is -0.330 e. The Morgan fingerprint density at radius 3 is 2.52 bits per heavy atom. The summed E-state index contributed by atoms with van der Waals surface area (Å²) >= 11 is 6.19. The second kappa shape index (κ2) is 7.76. The van der Waals surface area contributed by atoms with Crippen molar-refractivity contribution in [3.05, 3.63) is 82.6 Å². The number of fused-ring (bicyclic) bond motifs is 1. The van der Waals surface area contributed by atoms with Crippen LogP contribution >= 0.6 is 11.6 Å². The predicted octanol–water partition coefficient (Wildman–Crippen LogP) is 4.46. The van der Waals surface area contributed by atoms with Crippen molar-refractivity contribution in [3.63, 3.8) is 0 Å². The number of carbonyl (C=O) groups excluding carboxylic acids is 1. The average Bonchev–Trinajstić information content (AvgIpc) is 3.06. The van der Waals surface area contributed by atoms with Crippen LogP contribution in [0, 0.1) is 5.82 Å². The third kappa shape index (κ3) is 4.00. The zero-order valence-electron chi connectivity index (χ0n) is 15.5. The second-order valence-electron chi connectivity index (χ2n) is 7.22. The van der Waals surface area contributed by atoms with Crippen LogP contribution in [0.25, 0.3) is 10.8 Å². The smallest absolute Gasteiger partial charge is 0.255 e. The summed E-state index contributed by atoms with van der Waals surface area (Å²) in [5.74, 6) is -0.963. The highest BCUT2D eigenvalue weighted by atomic mass is 35.5. The maximum Gasteiger partial charge on any atom is 0.255 e. The molecule has 0 N–H and O–H groups in total. The molecule has 0 saturated carbocycles. The number of carbonyl (C=O) groups is 1. The molecule has 1 unspecified atom stereocenters. The van der Waals surface area contributed by atoms with E-state index in [0.29, 0.717) is 12.0 Å². The van der Waals surface area contributed by atoms with Crippen molar-refractivity contribution in [1.82, 2.24) is 4.90 Å². The number of nitrogens with zero attached hydrogens (tertiary/aromatic N) is 1. The van der Waals surface area contributed by atoms with Crippen LogP contribution in [0.2, 0.25) is 5.02 Å². The Balaban J connectivity index is 1.78. The highest BCUT2D eigenvalue weighted by molar-refractivity contribution is 7.91. The first-order valence-corrected chi connectivity index (χ1v) is 11.5.